The summed E-state index contributed by atoms with van der Waals surface area (Å²) >= 11 is 3.39. The molecule has 0 atom stereocenters. The van der Waals surface area contributed by atoms with Crippen LogP contribution >= 0.6 is 15.9 Å². The average molecular weight is 347 g/mol. The van der Waals surface area contributed by atoms with E-state index in [0.717, 1.165) is 4.47 Å². The predicted octanol–water partition coefficient (Wildman–Crippen LogP) is 2.65. The molecule has 3 rings (SSSR count). The van der Waals surface area contributed by atoms with Gasteiger partial charge < -0.3 is 10.1 Å². The summed E-state index contributed by atoms with van der Waals surface area (Å²) in [5, 5.41) is 2.88. The van der Waals surface area contributed by atoms with Crippen molar-refractivity contribution in [3.8, 4) is 17.7 Å². The van der Waals surface area contributed by atoms with Crippen molar-refractivity contribution in [3.05, 3.63) is 47.5 Å². The van der Waals surface area contributed by atoms with Crippen LogP contribution in [0.3, 0.4) is 0 Å². The zero-order chi connectivity index (χ0) is 14.7. The van der Waals surface area contributed by atoms with Gasteiger partial charge in [0.25, 0.3) is 0 Å². The van der Waals surface area contributed by atoms with Gasteiger partial charge in [0.1, 0.15) is 12.1 Å². The number of aromatic nitrogens is 5. The van der Waals surface area contributed by atoms with Crippen LogP contribution in [0.5, 0.6) is 11.8 Å². The number of nitrogens with zero attached hydrogens (tertiary/aromatic N) is 5. The highest BCUT2D eigenvalue weighted by Gasteiger charge is 2.09. The zero-order valence-electron chi connectivity index (χ0n) is 11.1. The molecule has 0 fully saturated rings. The largest absolute Gasteiger partial charge is 0.424 e. The molecule has 0 radical (unpaired) electrons. The predicted molar refractivity (Wildman–Crippen MR) is 80.7 cm³/mol. The summed E-state index contributed by atoms with van der Waals surface area (Å²) in [6.45, 7) is 0. The zero-order valence-corrected chi connectivity index (χ0v) is 12.6. The summed E-state index contributed by atoms with van der Waals surface area (Å²) in [6, 6.07) is 7.65. The fraction of sp³-hybridized carbons (Fsp3) is 0.0769. The van der Waals surface area contributed by atoms with E-state index in [1.807, 2.05) is 24.3 Å². The molecule has 7 nitrogen and oxygen atoms in total. The van der Waals surface area contributed by atoms with Crippen molar-refractivity contribution in [1.82, 2.24) is 24.5 Å². The number of nitrogens with one attached hydrogen (secondary N) is 1. The van der Waals surface area contributed by atoms with Crippen molar-refractivity contribution in [1.29, 1.82) is 0 Å². The van der Waals surface area contributed by atoms with Gasteiger partial charge in [-0.2, -0.15) is 15.0 Å². The highest BCUT2D eigenvalue weighted by molar-refractivity contribution is 9.10. The van der Waals surface area contributed by atoms with E-state index in [-0.39, 0.29) is 6.01 Å². The first-order valence-electron chi connectivity index (χ1n) is 6.10. The maximum Gasteiger partial charge on any atom is 0.328 e. The molecule has 106 valence electrons. The van der Waals surface area contributed by atoms with Gasteiger partial charge in [0, 0.05) is 23.9 Å². The number of imidazole rings is 1. The monoisotopic (exact) mass is 346 g/mol. The first-order chi connectivity index (χ1) is 10.2. The molecule has 0 spiro atoms. The number of hydrogen-bond acceptors (Lipinski definition) is 6. The normalized spacial score (nSPS) is 10.4. The lowest BCUT2D eigenvalue weighted by atomic mass is 10.3. The molecule has 0 unspecified atom stereocenters. The van der Waals surface area contributed by atoms with Gasteiger partial charge in [-0.25, -0.2) is 4.98 Å². The van der Waals surface area contributed by atoms with Gasteiger partial charge in [0.15, 0.2) is 0 Å². The van der Waals surface area contributed by atoms with Gasteiger partial charge in [-0.05, 0) is 18.2 Å². The van der Waals surface area contributed by atoms with E-state index in [1.54, 1.807) is 30.3 Å². The van der Waals surface area contributed by atoms with Crippen molar-refractivity contribution in [2.75, 3.05) is 12.4 Å². The molecule has 3 aromatic rings. The number of rotatable bonds is 4. The lowest BCUT2D eigenvalue weighted by Crippen LogP contribution is -2.06. The Morgan fingerprint density at radius 1 is 1.24 bits per heavy atom. The smallest absolute Gasteiger partial charge is 0.328 e. The molecule has 21 heavy (non-hydrogen) atoms. The number of hydrogen-bond donors (Lipinski definition) is 1. The van der Waals surface area contributed by atoms with Crippen LogP contribution in [0.1, 0.15) is 0 Å². The molecule has 0 amide bonds. The summed E-state index contributed by atoms with van der Waals surface area (Å²) in [5.74, 6) is 1.48. The van der Waals surface area contributed by atoms with Crippen LogP contribution in [-0.2, 0) is 0 Å². The Balaban J connectivity index is 1.96. The Morgan fingerprint density at radius 2 is 2.14 bits per heavy atom. The lowest BCUT2D eigenvalue weighted by Gasteiger charge is -2.08. The minimum Gasteiger partial charge on any atom is -0.424 e. The van der Waals surface area contributed by atoms with Gasteiger partial charge in [-0.1, -0.05) is 22.0 Å². The number of ether oxygens (including phenoxy) is 1. The van der Waals surface area contributed by atoms with Crippen LogP contribution in [0.4, 0.5) is 5.95 Å². The average Bonchev–Trinajstić information content (AvgIpc) is 3.01. The van der Waals surface area contributed by atoms with Crippen molar-refractivity contribution in [3.63, 3.8) is 0 Å². The molecule has 0 aliphatic heterocycles. The molecule has 8 heteroatoms. The van der Waals surface area contributed by atoms with Crippen LogP contribution in [0, 0.1) is 0 Å². The summed E-state index contributed by atoms with van der Waals surface area (Å²) < 4.78 is 8.27. The Labute approximate surface area is 129 Å². The SMILES string of the molecule is CNc1nc(Oc2cccc(Br)c2)nc(-n2ccnc2)n1. The van der Waals surface area contributed by atoms with E-state index in [4.69, 9.17) is 4.74 Å². The fourth-order valence-corrected chi connectivity index (χ4v) is 2.01. The summed E-state index contributed by atoms with van der Waals surface area (Å²) in [5.41, 5.74) is 0. The van der Waals surface area contributed by atoms with E-state index in [9.17, 15) is 0 Å². The van der Waals surface area contributed by atoms with E-state index < -0.39 is 0 Å². The molecule has 2 aromatic heterocycles. The van der Waals surface area contributed by atoms with E-state index in [2.05, 4.69) is 41.2 Å². The van der Waals surface area contributed by atoms with Crippen LogP contribution in [-0.4, -0.2) is 31.6 Å². The van der Waals surface area contributed by atoms with Crippen molar-refractivity contribution in [2.45, 2.75) is 0 Å². The van der Waals surface area contributed by atoms with Crippen LogP contribution in [0.2, 0.25) is 0 Å². The molecule has 2 heterocycles. The van der Waals surface area contributed by atoms with Crippen molar-refractivity contribution in [2.24, 2.45) is 0 Å². The van der Waals surface area contributed by atoms with E-state index in [1.165, 1.54) is 0 Å². The van der Waals surface area contributed by atoms with Gasteiger partial charge in [-0.15, -0.1) is 0 Å². The second-order valence-corrected chi connectivity index (χ2v) is 4.94. The summed E-state index contributed by atoms with van der Waals surface area (Å²) in [7, 11) is 1.73. The molecule has 0 saturated heterocycles. The minimum atomic E-state index is 0.205. The third kappa shape index (κ3) is 3.16. The summed E-state index contributed by atoms with van der Waals surface area (Å²) in [6.07, 6.45) is 5.01. The Kier molecular flexibility index (Phi) is 3.78. The molecule has 1 aromatic carbocycles. The Bertz CT molecular complexity index is 746. The Hall–Kier alpha value is -2.48. The molecular weight excluding hydrogens is 336 g/mol. The van der Waals surface area contributed by atoms with Gasteiger partial charge in [-0.3, -0.25) is 4.57 Å². The molecular formula is C13H11BrN6O. The van der Waals surface area contributed by atoms with Gasteiger partial charge in [0.05, 0.1) is 0 Å². The molecule has 1 N–H and O–H groups in total. The molecule has 0 bridgehead atoms. The lowest BCUT2D eigenvalue weighted by molar-refractivity contribution is 0.439. The van der Waals surface area contributed by atoms with Crippen molar-refractivity contribution < 1.29 is 4.74 Å². The third-order valence-electron chi connectivity index (χ3n) is 2.57. The molecule has 0 aliphatic carbocycles. The Morgan fingerprint density at radius 3 is 2.86 bits per heavy atom. The summed E-state index contributed by atoms with van der Waals surface area (Å²) in [4.78, 5) is 16.7. The first kappa shape index (κ1) is 13.5. The van der Waals surface area contributed by atoms with E-state index >= 15 is 0 Å². The topological polar surface area (TPSA) is 77.8 Å². The maximum atomic E-state index is 5.67. The minimum absolute atomic E-state index is 0.205. The quantitative estimate of drug-likeness (QED) is 0.782. The second-order valence-electron chi connectivity index (χ2n) is 4.02. The third-order valence-corrected chi connectivity index (χ3v) is 3.06. The first-order valence-corrected chi connectivity index (χ1v) is 6.89. The molecule has 0 saturated carbocycles. The van der Waals surface area contributed by atoms with Crippen molar-refractivity contribution >= 4 is 21.9 Å². The molecule has 0 aliphatic rings. The van der Waals surface area contributed by atoms with Gasteiger partial charge >= 0.3 is 6.01 Å². The number of halogens is 1. The highest BCUT2D eigenvalue weighted by Crippen LogP contribution is 2.22. The van der Waals surface area contributed by atoms with Crippen LogP contribution in [0.25, 0.3) is 5.95 Å². The highest BCUT2D eigenvalue weighted by atomic mass is 79.9. The van der Waals surface area contributed by atoms with Gasteiger partial charge in [0.2, 0.25) is 11.9 Å². The van der Waals surface area contributed by atoms with Crippen LogP contribution in [0.15, 0.2) is 47.5 Å². The maximum absolute atomic E-state index is 5.67. The second kappa shape index (κ2) is 5.88. The standard InChI is InChI=1S/C13H11BrN6O/c1-15-11-17-12(20-6-5-16-8-20)19-13(18-11)21-10-4-2-3-9(14)7-10/h2-8H,1H3,(H,15,17,18,19). The van der Waals surface area contributed by atoms with E-state index in [0.29, 0.717) is 17.6 Å². The van der Waals surface area contributed by atoms with Crippen LogP contribution < -0.4 is 10.1 Å². The number of benzene rings is 1. The number of anilines is 1. The fourth-order valence-electron chi connectivity index (χ4n) is 1.63.